The molecule has 0 radical (unpaired) electrons. The molecule has 2 aromatic carbocycles. The molecule has 1 aliphatic heterocycles. The zero-order valence-electron chi connectivity index (χ0n) is 15.8. The average molecular weight is 376 g/mol. The van der Waals surface area contributed by atoms with Crippen molar-refractivity contribution in [3.63, 3.8) is 0 Å². The summed E-state index contributed by atoms with van der Waals surface area (Å²) in [7, 11) is 0. The SMILES string of the molecule is O=C1CC2(CCCC2)C(=O)N1CC(O)Cn1c2ccccc2c2ccccc21. The molecular formula is C23H24N2O3. The molecule has 1 atom stereocenters. The summed E-state index contributed by atoms with van der Waals surface area (Å²) in [6.45, 7) is 0.415. The number of hydrogen-bond donors (Lipinski definition) is 1. The zero-order chi connectivity index (χ0) is 19.3. The normalized spacial score (nSPS) is 20.1. The van der Waals surface area contributed by atoms with E-state index >= 15 is 0 Å². The third-order valence-electron chi connectivity index (χ3n) is 6.52. The standard InChI is InChI=1S/C23H24N2O3/c26-16(15-25-21(27)13-23(22(25)28)11-5-6-12-23)14-24-19-9-3-1-7-17(19)18-8-2-4-10-20(18)24/h1-4,7-10,16,26H,5-6,11-15H2. The first-order valence-electron chi connectivity index (χ1n) is 10.1. The molecule has 2 aliphatic rings. The highest BCUT2D eigenvalue weighted by molar-refractivity contribution is 6.08. The first-order valence-corrected chi connectivity index (χ1v) is 10.1. The van der Waals surface area contributed by atoms with Crippen LogP contribution >= 0.6 is 0 Å². The molecule has 2 heterocycles. The van der Waals surface area contributed by atoms with Crippen LogP contribution in [0.2, 0.25) is 0 Å². The number of aromatic nitrogens is 1. The predicted molar refractivity (Wildman–Crippen MR) is 108 cm³/mol. The van der Waals surface area contributed by atoms with E-state index in [1.54, 1.807) is 0 Å². The van der Waals surface area contributed by atoms with Gasteiger partial charge in [0, 0.05) is 28.2 Å². The van der Waals surface area contributed by atoms with Crippen LogP contribution in [0.25, 0.3) is 21.8 Å². The predicted octanol–water partition coefficient (Wildman–Crippen LogP) is 3.47. The molecule has 5 heteroatoms. The summed E-state index contributed by atoms with van der Waals surface area (Å²) in [5, 5.41) is 13.1. The van der Waals surface area contributed by atoms with Crippen molar-refractivity contribution >= 4 is 33.6 Å². The van der Waals surface area contributed by atoms with E-state index in [1.807, 2.05) is 36.4 Å². The van der Waals surface area contributed by atoms with Crippen molar-refractivity contribution in [2.75, 3.05) is 6.54 Å². The van der Waals surface area contributed by atoms with Gasteiger partial charge in [-0.05, 0) is 25.0 Å². The fraction of sp³-hybridized carbons (Fsp3) is 0.391. The minimum Gasteiger partial charge on any atom is -0.389 e. The number of carbonyl (C=O) groups excluding carboxylic acids is 2. The Balaban J connectivity index is 1.42. The maximum atomic E-state index is 12.9. The van der Waals surface area contributed by atoms with Crippen molar-refractivity contribution in [1.29, 1.82) is 0 Å². The van der Waals surface area contributed by atoms with Gasteiger partial charge in [-0.15, -0.1) is 0 Å². The Kier molecular flexibility index (Phi) is 4.02. The molecule has 28 heavy (non-hydrogen) atoms. The highest BCUT2D eigenvalue weighted by Crippen LogP contribution is 2.46. The van der Waals surface area contributed by atoms with E-state index in [0.717, 1.165) is 47.5 Å². The summed E-state index contributed by atoms with van der Waals surface area (Å²) in [5.41, 5.74) is 1.62. The first-order chi connectivity index (χ1) is 13.6. The molecule has 1 saturated heterocycles. The number of rotatable bonds is 4. The van der Waals surface area contributed by atoms with Gasteiger partial charge in [0.1, 0.15) is 0 Å². The Morgan fingerprint density at radius 1 is 0.893 bits per heavy atom. The van der Waals surface area contributed by atoms with Crippen LogP contribution in [0.4, 0.5) is 0 Å². The molecule has 2 fully saturated rings. The van der Waals surface area contributed by atoms with Gasteiger partial charge in [0.05, 0.1) is 24.6 Å². The van der Waals surface area contributed by atoms with Crippen LogP contribution in [-0.2, 0) is 16.1 Å². The third-order valence-corrected chi connectivity index (χ3v) is 6.52. The van der Waals surface area contributed by atoms with Crippen molar-refractivity contribution in [2.24, 2.45) is 5.41 Å². The highest BCUT2D eigenvalue weighted by Gasteiger charge is 2.52. The summed E-state index contributed by atoms with van der Waals surface area (Å²) in [6, 6.07) is 16.2. The van der Waals surface area contributed by atoms with E-state index in [9.17, 15) is 14.7 Å². The summed E-state index contributed by atoms with van der Waals surface area (Å²) >= 11 is 0. The van der Waals surface area contributed by atoms with E-state index in [4.69, 9.17) is 0 Å². The van der Waals surface area contributed by atoms with Crippen molar-refractivity contribution in [1.82, 2.24) is 9.47 Å². The van der Waals surface area contributed by atoms with Crippen LogP contribution in [0.5, 0.6) is 0 Å². The van der Waals surface area contributed by atoms with E-state index < -0.39 is 11.5 Å². The number of amides is 2. The molecule has 5 rings (SSSR count). The van der Waals surface area contributed by atoms with Gasteiger partial charge in [0.25, 0.3) is 0 Å². The Morgan fingerprint density at radius 2 is 1.46 bits per heavy atom. The molecule has 144 valence electrons. The van der Waals surface area contributed by atoms with Crippen LogP contribution in [-0.4, -0.2) is 39.0 Å². The van der Waals surface area contributed by atoms with E-state index in [0.29, 0.717) is 13.0 Å². The van der Waals surface area contributed by atoms with Gasteiger partial charge >= 0.3 is 0 Å². The van der Waals surface area contributed by atoms with Crippen molar-refractivity contribution in [2.45, 2.75) is 44.8 Å². The molecule has 1 aromatic heterocycles. The van der Waals surface area contributed by atoms with Crippen LogP contribution in [0.3, 0.4) is 0 Å². The number of nitrogens with zero attached hydrogens (tertiary/aromatic N) is 2. The Labute approximate surface area is 163 Å². The quantitative estimate of drug-likeness (QED) is 0.709. The average Bonchev–Trinajstić information content (AvgIpc) is 3.36. The number of fused-ring (bicyclic) bond motifs is 3. The lowest BCUT2D eigenvalue weighted by molar-refractivity contribution is -0.143. The minimum atomic E-state index is -0.802. The number of likely N-dealkylation sites (tertiary alicyclic amines) is 1. The third kappa shape index (κ3) is 2.57. The molecule has 1 unspecified atom stereocenters. The van der Waals surface area contributed by atoms with Crippen molar-refractivity contribution in [3.05, 3.63) is 48.5 Å². The lowest BCUT2D eigenvalue weighted by atomic mass is 9.84. The number of aliphatic hydroxyl groups excluding tert-OH is 1. The second kappa shape index (κ2) is 6.45. The molecule has 1 N–H and O–H groups in total. The number of β-amino-alcohol motifs (C(OH)–C–C–N with tert-alkyl or cyclic N) is 1. The molecular weight excluding hydrogens is 352 g/mol. The molecule has 1 saturated carbocycles. The number of para-hydroxylation sites is 2. The lowest BCUT2D eigenvalue weighted by Gasteiger charge is -2.23. The fourth-order valence-electron chi connectivity index (χ4n) is 5.17. The smallest absolute Gasteiger partial charge is 0.235 e. The van der Waals surface area contributed by atoms with Gasteiger partial charge in [-0.25, -0.2) is 0 Å². The summed E-state index contributed by atoms with van der Waals surface area (Å²) in [5.74, 6) is -0.204. The number of hydrogen-bond acceptors (Lipinski definition) is 3. The van der Waals surface area contributed by atoms with Gasteiger partial charge in [-0.2, -0.15) is 0 Å². The zero-order valence-corrected chi connectivity index (χ0v) is 15.8. The van der Waals surface area contributed by atoms with E-state index in [1.165, 1.54) is 4.90 Å². The second-order valence-corrected chi connectivity index (χ2v) is 8.27. The van der Waals surface area contributed by atoms with E-state index in [2.05, 4.69) is 16.7 Å². The Bertz CT molecular complexity index is 1020. The molecule has 2 amide bonds. The Hall–Kier alpha value is -2.66. The highest BCUT2D eigenvalue weighted by atomic mass is 16.3. The molecule has 1 aliphatic carbocycles. The van der Waals surface area contributed by atoms with Gasteiger partial charge in [-0.3, -0.25) is 14.5 Å². The van der Waals surface area contributed by atoms with Gasteiger partial charge in [0.15, 0.2) is 0 Å². The maximum Gasteiger partial charge on any atom is 0.235 e. The molecule has 0 bridgehead atoms. The molecule has 1 spiro atoms. The van der Waals surface area contributed by atoms with E-state index in [-0.39, 0.29) is 18.4 Å². The molecule has 3 aromatic rings. The van der Waals surface area contributed by atoms with Crippen LogP contribution in [0, 0.1) is 5.41 Å². The first kappa shape index (κ1) is 17.4. The number of benzene rings is 2. The number of aliphatic hydroxyl groups is 1. The van der Waals surface area contributed by atoms with Crippen LogP contribution in [0.15, 0.2) is 48.5 Å². The monoisotopic (exact) mass is 376 g/mol. The summed E-state index contributed by atoms with van der Waals surface area (Å²) in [6.07, 6.45) is 3.14. The Morgan fingerprint density at radius 3 is 2.07 bits per heavy atom. The molecule has 5 nitrogen and oxygen atoms in total. The fourth-order valence-corrected chi connectivity index (χ4v) is 5.17. The van der Waals surface area contributed by atoms with Gasteiger partial charge < -0.3 is 9.67 Å². The lowest BCUT2D eigenvalue weighted by Crippen LogP contribution is -2.40. The van der Waals surface area contributed by atoms with Crippen molar-refractivity contribution < 1.29 is 14.7 Å². The largest absolute Gasteiger partial charge is 0.389 e. The van der Waals surface area contributed by atoms with Crippen LogP contribution in [0.1, 0.15) is 32.1 Å². The summed E-state index contributed by atoms with van der Waals surface area (Å²) < 4.78 is 2.09. The van der Waals surface area contributed by atoms with Gasteiger partial charge in [0.2, 0.25) is 11.8 Å². The van der Waals surface area contributed by atoms with Crippen molar-refractivity contribution in [3.8, 4) is 0 Å². The summed E-state index contributed by atoms with van der Waals surface area (Å²) in [4.78, 5) is 26.7. The number of carbonyl (C=O) groups is 2. The topological polar surface area (TPSA) is 62.5 Å². The second-order valence-electron chi connectivity index (χ2n) is 8.27. The minimum absolute atomic E-state index is 0.0697. The van der Waals surface area contributed by atoms with Crippen LogP contribution < -0.4 is 0 Å². The maximum absolute atomic E-state index is 12.9. The number of imide groups is 1. The van der Waals surface area contributed by atoms with Gasteiger partial charge in [-0.1, -0.05) is 49.2 Å².